The SMILES string of the molecule is CCN(CC)C(=O)c1cc(=O)n(CC(=O)Nc2ccc(Cl)cc2)c2ccccc12. The van der Waals surface area contributed by atoms with Gasteiger partial charge in [0.1, 0.15) is 6.54 Å². The minimum absolute atomic E-state index is 0.165. The third-order valence-electron chi connectivity index (χ3n) is 4.73. The van der Waals surface area contributed by atoms with Crippen LogP contribution in [0.2, 0.25) is 5.02 Å². The number of fused-ring (bicyclic) bond motifs is 1. The smallest absolute Gasteiger partial charge is 0.254 e. The van der Waals surface area contributed by atoms with E-state index in [1.54, 1.807) is 47.4 Å². The van der Waals surface area contributed by atoms with Crippen molar-refractivity contribution in [2.45, 2.75) is 20.4 Å². The van der Waals surface area contributed by atoms with E-state index in [0.29, 0.717) is 40.3 Å². The van der Waals surface area contributed by atoms with Crippen molar-refractivity contribution in [2.24, 2.45) is 0 Å². The van der Waals surface area contributed by atoms with Crippen LogP contribution in [0.5, 0.6) is 0 Å². The molecule has 0 saturated heterocycles. The third kappa shape index (κ3) is 4.49. The number of amides is 2. The molecule has 0 unspecified atom stereocenters. The highest BCUT2D eigenvalue weighted by Gasteiger charge is 2.19. The van der Waals surface area contributed by atoms with Crippen molar-refractivity contribution in [1.29, 1.82) is 0 Å². The number of benzene rings is 2. The predicted octanol–water partition coefficient (Wildman–Crippen LogP) is 3.78. The van der Waals surface area contributed by atoms with Crippen molar-refractivity contribution < 1.29 is 9.59 Å². The van der Waals surface area contributed by atoms with Gasteiger partial charge in [0.2, 0.25) is 5.91 Å². The van der Waals surface area contributed by atoms with Crippen LogP contribution in [0.1, 0.15) is 24.2 Å². The summed E-state index contributed by atoms with van der Waals surface area (Å²) < 4.78 is 1.37. The molecule has 6 nitrogen and oxygen atoms in total. The van der Waals surface area contributed by atoms with Crippen LogP contribution < -0.4 is 10.9 Å². The molecule has 0 aliphatic carbocycles. The van der Waals surface area contributed by atoms with Crippen LogP contribution in [0.3, 0.4) is 0 Å². The fourth-order valence-corrected chi connectivity index (χ4v) is 3.36. The largest absolute Gasteiger partial charge is 0.339 e. The van der Waals surface area contributed by atoms with Gasteiger partial charge in [-0.3, -0.25) is 19.0 Å². The Balaban J connectivity index is 1.97. The van der Waals surface area contributed by atoms with Gasteiger partial charge >= 0.3 is 0 Å². The van der Waals surface area contributed by atoms with Gasteiger partial charge in [-0.15, -0.1) is 0 Å². The summed E-state index contributed by atoms with van der Waals surface area (Å²) in [6.07, 6.45) is 0. The second-order valence-electron chi connectivity index (χ2n) is 6.53. The van der Waals surface area contributed by atoms with Gasteiger partial charge in [-0.1, -0.05) is 29.8 Å². The van der Waals surface area contributed by atoms with Crippen molar-refractivity contribution in [2.75, 3.05) is 18.4 Å². The maximum absolute atomic E-state index is 12.9. The van der Waals surface area contributed by atoms with Crippen molar-refractivity contribution in [3.05, 3.63) is 75.5 Å². The zero-order chi connectivity index (χ0) is 21.0. The molecular formula is C22H22ClN3O3. The molecule has 0 spiro atoms. The van der Waals surface area contributed by atoms with Crippen LogP contribution in [0, 0.1) is 0 Å². The highest BCUT2D eigenvalue weighted by molar-refractivity contribution is 6.30. The number of carbonyl (C=O) groups is 2. The molecule has 1 heterocycles. The third-order valence-corrected chi connectivity index (χ3v) is 4.98. The molecular weight excluding hydrogens is 390 g/mol. The van der Waals surface area contributed by atoms with Gasteiger partial charge in [0.15, 0.2) is 0 Å². The van der Waals surface area contributed by atoms with Crippen molar-refractivity contribution in [3.63, 3.8) is 0 Å². The number of carbonyl (C=O) groups excluding carboxylic acids is 2. The van der Waals surface area contributed by atoms with Crippen LogP contribution in [0.25, 0.3) is 10.9 Å². The molecule has 7 heteroatoms. The van der Waals surface area contributed by atoms with Gasteiger partial charge < -0.3 is 10.2 Å². The standard InChI is InChI=1S/C22H22ClN3O3/c1-3-25(4-2)22(29)18-13-21(28)26(19-8-6-5-7-17(18)19)14-20(27)24-16-11-9-15(23)10-12-16/h5-13H,3-4,14H2,1-2H3,(H,24,27). The Bertz CT molecular complexity index is 1100. The Morgan fingerprint density at radius 2 is 1.69 bits per heavy atom. The summed E-state index contributed by atoms with van der Waals surface area (Å²) in [5, 5.41) is 3.96. The molecule has 2 aromatic carbocycles. The predicted molar refractivity (Wildman–Crippen MR) is 116 cm³/mol. The molecule has 0 atom stereocenters. The van der Waals surface area contributed by atoms with E-state index < -0.39 is 5.56 Å². The molecule has 1 N–H and O–H groups in total. The van der Waals surface area contributed by atoms with Crippen LogP contribution in [-0.4, -0.2) is 34.4 Å². The molecule has 150 valence electrons. The normalized spacial score (nSPS) is 10.7. The Morgan fingerprint density at radius 3 is 2.34 bits per heavy atom. The van der Waals surface area contributed by atoms with E-state index in [4.69, 9.17) is 11.6 Å². The van der Waals surface area contributed by atoms with E-state index in [9.17, 15) is 14.4 Å². The van der Waals surface area contributed by atoms with Crippen LogP contribution >= 0.6 is 11.6 Å². The zero-order valence-electron chi connectivity index (χ0n) is 16.3. The van der Waals surface area contributed by atoms with Gasteiger partial charge in [0, 0.05) is 35.3 Å². The lowest BCUT2D eigenvalue weighted by Crippen LogP contribution is -2.33. The lowest BCUT2D eigenvalue weighted by atomic mass is 10.1. The van der Waals surface area contributed by atoms with E-state index in [1.807, 2.05) is 19.9 Å². The van der Waals surface area contributed by atoms with Gasteiger partial charge in [-0.05, 0) is 44.2 Å². The van der Waals surface area contributed by atoms with E-state index in [-0.39, 0.29) is 18.4 Å². The minimum Gasteiger partial charge on any atom is -0.339 e. The number of rotatable bonds is 6. The molecule has 0 bridgehead atoms. The summed E-state index contributed by atoms with van der Waals surface area (Å²) in [6.45, 7) is 4.73. The zero-order valence-corrected chi connectivity index (χ0v) is 17.1. The first kappa shape index (κ1) is 20.6. The minimum atomic E-state index is -0.398. The van der Waals surface area contributed by atoms with E-state index >= 15 is 0 Å². The summed E-state index contributed by atoms with van der Waals surface area (Å²) in [5.74, 6) is -0.538. The number of anilines is 1. The van der Waals surface area contributed by atoms with Gasteiger partial charge in [0.25, 0.3) is 11.5 Å². The fraction of sp³-hybridized carbons (Fsp3) is 0.227. The molecule has 0 radical (unpaired) electrons. The summed E-state index contributed by atoms with van der Waals surface area (Å²) in [4.78, 5) is 39.8. The maximum Gasteiger partial charge on any atom is 0.254 e. The number of pyridine rings is 1. The molecule has 0 aliphatic heterocycles. The summed E-state index contributed by atoms with van der Waals surface area (Å²) in [5.41, 5.74) is 1.08. The topological polar surface area (TPSA) is 71.4 Å². The number of nitrogens with zero attached hydrogens (tertiary/aromatic N) is 2. The van der Waals surface area contributed by atoms with Crippen molar-refractivity contribution in [1.82, 2.24) is 9.47 Å². The molecule has 0 fully saturated rings. The first-order valence-electron chi connectivity index (χ1n) is 9.41. The van der Waals surface area contributed by atoms with E-state index in [0.717, 1.165) is 0 Å². The molecule has 0 saturated carbocycles. The average Bonchev–Trinajstić information content (AvgIpc) is 2.72. The van der Waals surface area contributed by atoms with Crippen LogP contribution in [-0.2, 0) is 11.3 Å². The molecule has 2 amide bonds. The van der Waals surface area contributed by atoms with Gasteiger partial charge in [-0.25, -0.2) is 0 Å². The van der Waals surface area contributed by atoms with Crippen LogP contribution in [0.4, 0.5) is 5.69 Å². The Hall–Kier alpha value is -3.12. The van der Waals surface area contributed by atoms with E-state index in [1.165, 1.54) is 10.6 Å². The number of halogens is 1. The van der Waals surface area contributed by atoms with Gasteiger partial charge in [-0.2, -0.15) is 0 Å². The summed E-state index contributed by atoms with van der Waals surface area (Å²) >= 11 is 5.86. The second kappa shape index (κ2) is 8.92. The first-order valence-corrected chi connectivity index (χ1v) is 9.79. The van der Waals surface area contributed by atoms with E-state index in [2.05, 4.69) is 5.32 Å². The quantitative estimate of drug-likeness (QED) is 0.671. The average molecular weight is 412 g/mol. The second-order valence-corrected chi connectivity index (χ2v) is 6.97. The van der Waals surface area contributed by atoms with Crippen molar-refractivity contribution >= 4 is 40.0 Å². The highest BCUT2D eigenvalue weighted by Crippen LogP contribution is 2.19. The Morgan fingerprint density at radius 1 is 1.03 bits per heavy atom. The Labute approximate surface area is 173 Å². The lowest BCUT2D eigenvalue weighted by molar-refractivity contribution is -0.116. The molecule has 1 aromatic heterocycles. The molecule has 3 aromatic rings. The number of hydrogen-bond donors (Lipinski definition) is 1. The molecule has 0 aliphatic rings. The van der Waals surface area contributed by atoms with Crippen LogP contribution in [0.15, 0.2) is 59.4 Å². The Kier molecular flexibility index (Phi) is 6.34. The molecule has 29 heavy (non-hydrogen) atoms. The fourth-order valence-electron chi connectivity index (χ4n) is 3.23. The maximum atomic E-state index is 12.9. The van der Waals surface area contributed by atoms with Gasteiger partial charge in [0.05, 0.1) is 11.1 Å². The summed E-state index contributed by atoms with van der Waals surface area (Å²) in [6, 6.07) is 15.2. The van der Waals surface area contributed by atoms with Crippen molar-refractivity contribution in [3.8, 4) is 0 Å². The number of para-hydroxylation sites is 1. The summed E-state index contributed by atoms with van der Waals surface area (Å²) in [7, 11) is 0. The highest BCUT2D eigenvalue weighted by atomic mass is 35.5. The number of aromatic nitrogens is 1. The lowest BCUT2D eigenvalue weighted by Gasteiger charge is -2.20. The monoisotopic (exact) mass is 411 g/mol. The molecule has 3 rings (SSSR count). The number of hydrogen-bond acceptors (Lipinski definition) is 3. The number of nitrogens with one attached hydrogen (secondary N) is 1. The first-order chi connectivity index (χ1) is 13.9.